The van der Waals surface area contributed by atoms with Crippen LogP contribution in [0.2, 0.25) is 10.0 Å². The largest absolute Gasteiger partial charge is 0.490 e. The molecule has 3 N–H and O–H groups in total. The topological polar surface area (TPSA) is 103 Å². The zero-order chi connectivity index (χ0) is 34.8. The van der Waals surface area contributed by atoms with Crippen LogP contribution in [0.1, 0.15) is 56.0 Å². The zero-order valence-corrected chi connectivity index (χ0v) is 29.4. The molecule has 0 aromatic heterocycles. The number of carbonyl (C=O) groups is 2. The minimum Gasteiger partial charge on any atom is -0.490 e. The van der Waals surface area contributed by atoms with Gasteiger partial charge >= 0.3 is 6.03 Å². The first-order valence-electron chi connectivity index (χ1n) is 16.2. The van der Waals surface area contributed by atoms with E-state index in [2.05, 4.69) is 15.5 Å². The fourth-order valence-electron chi connectivity index (χ4n) is 5.61. The van der Waals surface area contributed by atoms with E-state index in [9.17, 15) is 19.1 Å². The van der Waals surface area contributed by atoms with Gasteiger partial charge in [-0.1, -0.05) is 36.2 Å². The van der Waals surface area contributed by atoms with Gasteiger partial charge in [0.15, 0.2) is 0 Å². The summed E-state index contributed by atoms with van der Waals surface area (Å²) in [6, 6.07) is 14.9. The first-order valence-corrected chi connectivity index (χ1v) is 17.0. The van der Waals surface area contributed by atoms with Crippen LogP contribution in [-0.2, 0) is 11.3 Å². The molecule has 0 spiro atoms. The van der Waals surface area contributed by atoms with E-state index >= 15 is 0 Å². The molecule has 4 atom stereocenters. The van der Waals surface area contributed by atoms with Crippen molar-refractivity contribution in [3.63, 3.8) is 0 Å². The van der Waals surface area contributed by atoms with Crippen LogP contribution in [0.3, 0.4) is 0 Å². The monoisotopic (exact) mass is 702 g/mol. The van der Waals surface area contributed by atoms with Gasteiger partial charge in [-0.05, 0) is 100 Å². The number of ether oxygens (including phenoxy) is 2. The number of urea groups is 1. The van der Waals surface area contributed by atoms with Crippen molar-refractivity contribution in [1.29, 1.82) is 0 Å². The maximum atomic E-state index is 14.3. The number of aliphatic hydroxyl groups is 1. The Morgan fingerprint density at radius 1 is 1.04 bits per heavy atom. The number of carbonyl (C=O) groups excluding carboxylic acids is 2. The average Bonchev–Trinajstić information content (AvgIpc) is 3.05. The Morgan fingerprint density at radius 3 is 2.46 bits per heavy atom. The average molecular weight is 704 g/mol. The Morgan fingerprint density at radius 2 is 1.75 bits per heavy atom. The lowest BCUT2D eigenvalue weighted by molar-refractivity contribution is -0.0177. The van der Waals surface area contributed by atoms with Gasteiger partial charge in [0.1, 0.15) is 11.6 Å². The van der Waals surface area contributed by atoms with E-state index < -0.39 is 17.9 Å². The minimum atomic E-state index is -0.552. The van der Waals surface area contributed by atoms with Crippen molar-refractivity contribution >= 4 is 46.5 Å². The summed E-state index contributed by atoms with van der Waals surface area (Å²) in [6.45, 7) is 7.66. The third-order valence-electron chi connectivity index (χ3n) is 8.34. The fraction of sp³-hybridized carbons (Fsp3) is 0.444. The van der Waals surface area contributed by atoms with Crippen molar-refractivity contribution in [3.8, 4) is 5.75 Å². The molecule has 4 rings (SSSR count). The summed E-state index contributed by atoms with van der Waals surface area (Å²) < 4.78 is 26.1. The van der Waals surface area contributed by atoms with E-state index in [1.54, 1.807) is 36.1 Å². The molecule has 1 aliphatic heterocycles. The summed E-state index contributed by atoms with van der Waals surface area (Å²) in [7, 11) is 2.01. The van der Waals surface area contributed by atoms with Gasteiger partial charge in [-0.25, -0.2) is 9.18 Å². The van der Waals surface area contributed by atoms with Crippen LogP contribution in [0.25, 0.3) is 0 Å². The Bertz CT molecular complexity index is 1530. The molecule has 260 valence electrons. The molecular formula is C36H45Cl2FN4O5. The predicted octanol–water partition coefficient (Wildman–Crippen LogP) is 7.70. The van der Waals surface area contributed by atoms with Gasteiger partial charge in [0.05, 0.1) is 40.5 Å². The third kappa shape index (κ3) is 10.8. The number of aliphatic hydroxyl groups excluding tert-OH is 1. The first kappa shape index (κ1) is 37.4. The van der Waals surface area contributed by atoms with Crippen LogP contribution in [0, 0.1) is 11.7 Å². The molecule has 0 aliphatic carbocycles. The molecule has 3 amide bonds. The Labute approximate surface area is 292 Å². The summed E-state index contributed by atoms with van der Waals surface area (Å²) in [5, 5.41) is 16.6. The molecule has 3 aromatic carbocycles. The van der Waals surface area contributed by atoms with Gasteiger partial charge in [-0.2, -0.15) is 0 Å². The standard InChI is InChI=1S/C36H45Cl2FN4O5/c1-23-19-43(24(2)22-44)35(45)30-18-29(41-36(46)40-28-11-9-27(39)10-12-28)13-15-33(30)48-25(3)7-5-6-16-47-34(23)21-42(4)20-26-8-14-31(37)32(38)17-26/h8-15,17-18,23-25,34,44H,5-7,16,19-22H2,1-4H3,(H2,40,41,46)/t23-,24+,25+,34-/m0/s1. The Balaban J connectivity index is 1.58. The van der Waals surface area contributed by atoms with Crippen molar-refractivity contribution in [2.24, 2.45) is 5.92 Å². The van der Waals surface area contributed by atoms with Gasteiger partial charge in [0.2, 0.25) is 0 Å². The number of amides is 3. The van der Waals surface area contributed by atoms with E-state index in [1.165, 1.54) is 24.3 Å². The van der Waals surface area contributed by atoms with Gasteiger partial charge in [0, 0.05) is 43.5 Å². The zero-order valence-electron chi connectivity index (χ0n) is 27.8. The second-order valence-corrected chi connectivity index (χ2v) is 13.4. The number of benzene rings is 3. The highest BCUT2D eigenvalue weighted by atomic mass is 35.5. The summed E-state index contributed by atoms with van der Waals surface area (Å²) in [4.78, 5) is 30.9. The maximum absolute atomic E-state index is 14.3. The molecule has 0 fully saturated rings. The van der Waals surface area contributed by atoms with E-state index in [4.69, 9.17) is 32.7 Å². The van der Waals surface area contributed by atoms with Crippen molar-refractivity contribution in [1.82, 2.24) is 9.80 Å². The summed E-state index contributed by atoms with van der Waals surface area (Å²) in [5.41, 5.74) is 2.07. The fourth-order valence-corrected chi connectivity index (χ4v) is 5.93. The molecule has 0 unspecified atom stereocenters. The number of nitrogens with one attached hydrogen (secondary N) is 2. The van der Waals surface area contributed by atoms with Gasteiger partial charge in [-0.15, -0.1) is 0 Å². The highest BCUT2D eigenvalue weighted by Gasteiger charge is 2.30. The van der Waals surface area contributed by atoms with Crippen molar-refractivity contribution in [3.05, 3.63) is 87.7 Å². The molecule has 0 bridgehead atoms. The van der Waals surface area contributed by atoms with E-state index in [0.717, 1.165) is 24.8 Å². The molecule has 48 heavy (non-hydrogen) atoms. The minimum absolute atomic E-state index is 0.103. The summed E-state index contributed by atoms with van der Waals surface area (Å²) in [6.07, 6.45) is 2.09. The van der Waals surface area contributed by atoms with Crippen LogP contribution in [0.5, 0.6) is 5.75 Å². The molecule has 12 heteroatoms. The van der Waals surface area contributed by atoms with Crippen LogP contribution in [0.15, 0.2) is 60.7 Å². The van der Waals surface area contributed by atoms with E-state index in [0.29, 0.717) is 53.4 Å². The molecule has 0 saturated carbocycles. The molecule has 1 aliphatic rings. The lowest BCUT2D eigenvalue weighted by Gasteiger charge is -2.36. The van der Waals surface area contributed by atoms with Crippen LogP contribution in [-0.4, -0.2) is 78.4 Å². The normalized spacial score (nSPS) is 20.0. The Hall–Kier alpha value is -3.41. The number of halogens is 3. The molecule has 0 saturated heterocycles. The number of hydrogen-bond acceptors (Lipinski definition) is 6. The van der Waals surface area contributed by atoms with Crippen molar-refractivity contribution in [2.45, 2.75) is 64.8 Å². The summed E-state index contributed by atoms with van der Waals surface area (Å²) >= 11 is 12.4. The van der Waals surface area contributed by atoms with E-state index in [-0.39, 0.29) is 36.2 Å². The number of rotatable bonds is 8. The SMILES string of the molecule is C[C@@H]1CCCCO[C@@H](CN(C)Cc2ccc(Cl)c(Cl)c2)[C@@H](C)CN([C@H](C)CO)C(=O)c2cc(NC(=O)Nc3ccc(F)cc3)ccc2O1. The van der Waals surface area contributed by atoms with Crippen LogP contribution in [0.4, 0.5) is 20.6 Å². The number of fused-ring (bicyclic) bond motifs is 1. The predicted molar refractivity (Wildman–Crippen MR) is 189 cm³/mol. The van der Waals surface area contributed by atoms with Gasteiger partial charge in [0.25, 0.3) is 5.91 Å². The number of anilines is 2. The van der Waals surface area contributed by atoms with Gasteiger partial charge in [-0.3, -0.25) is 9.69 Å². The Kier molecular flexibility index (Phi) is 13.9. The maximum Gasteiger partial charge on any atom is 0.323 e. The smallest absolute Gasteiger partial charge is 0.323 e. The highest BCUT2D eigenvalue weighted by molar-refractivity contribution is 6.42. The van der Waals surface area contributed by atoms with Crippen molar-refractivity contribution < 1.29 is 28.6 Å². The molecule has 9 nitrogen and oxygen atoms in total. The molecule has 0 radical (unpaired) electrons. The summed E-state index contributed by atoms with van der Waals surface area (Å²) in [5.74, 6) is -0.462. The number of nitrogens with zero attached hydrogens (tertiary/aromatic N) is 2. The highest BCUT2D eigenvalue weighted by Crippen LogP contribution is 2.29. The number of likely N-dealkylation sites (N-methyl/N-ethyl adjacent to an activating group) is 1. The molecular weight excluding hydrogens is 658 g/mol. The van der Waals surface area contributed by atoms with E-state index in [1.807, 2.05) is 33.0 Å². The quantitative estimate of drug-likeness (QED) is 0.222. The second-order valence-electron chi connectivity index (χ2n) is 12.5. The third-order valence-corrected chi connectivity index (χ3v) is 9.08. The lowest BCUT2D eigenvalue weighted by atomic mass is 10.0. The van der Waals surface area contributed by atoms with Crippen LogP contribution < -0.4 is 15.4 Å². The van der Waals surface area contributed by atoms with Crippen LogP contribution >= 0.6 is 23.2 Å². The van der Waals surface area contributed by atoms with Crippen molar-refractivity contribution in [2.75, 3.05) is 44.0 Å². The molecule has 3 aromatic rings. The first-order chi connectivity index (χ1) is 22.9. The number of hydrogen-bond donors (Lipinski definition) is 3. The van der Waals surface area contributed by atoms with Gasteiger partial charge < -0.3 is 30.1 Å². The lowest BCUT2D eigenvalue weighted by Crippen LogP contribution is -2.47. The molecule has 1 heterocycles. The second kappa shape index (κ2) is 17.8.